The molecule has 4 heteroatoms. The molecule has 0 unspecified atom stereocenters. The molecule has 0 heterocycles. The number of nitrogens with zero attached hydrogens (tertiary/aromatic N) is 1. The van der Waals surface area contributed by atoms with Gasteiger partial charge in [0, 0.05) is 34.6 Å². The number of rotatable bonds is 1. The van der Waals surface area contributed by atoms with Gasteiger partial charge in [0.25, 0.3) is 0 Å². The van der Waals surface area contributed by atoms with Crippen LogP contribution in [0.4, 0.5) is 10.1 Å². The Hall–Kier alpha value is -1.34. The van der Waals surface area contributed by atoms with E-state index in [1.54, 1.807) is 7.05 Å². The molecule has 14 heavy (non-hydrogen) atoms. The van der Waals surface area contributed by atoms with Crippen molar-refractivity contribution in [3.8, 4) is 10.8 Å². The molecule has 0 fully saturated rings. The zero-order valence-electron chi connectivity index (χ0n) is 7.42. The van der Waals surface area contributed by atoms with Crippen molar-refractivity contribution in [1.82, 2.24) is 0 Å². The van der Waals surface area contributed by atoms with Crippen molar-refractivity contribution in [1.29, 1.82) is 0 Å². The van der Waals surface area contributed by atoms with Gasteiger partial charge in [-0.15, -0.1) is 0 Å². The summed E-state index contributed by atoms with van der Waals surface area (Å²) in [6.07, 6.45) is 0. The second-order valence-electron chi connectivity index (χ2n) is 2.56. The third kappa shape index (κ3) is 2.57. The van der Waals surface area contributed by atoms with Gasteiger partial charge in [0.1, 0.15) is 5.82 Å². The minimum atomic E-state index is -0.353. The smallest absolute Gasteiger partial charge is 0.303 e. The highest BCUT2D eigenvalue weighted by atomic mass is 79.9. The highest BCUT2D eigenvalue weighted by molar-refractivity contribution is 9.12. The predicted molar refractivity (Wildman–Crippen MR) is 56.5 cm³/mol. The Labute approximate surface area is 89.8 Å². The van der Waals surface area contributed by atoms with Crippen LogP contribution < -0.4 is 4.90 Å². The second-order valence-corrected chi connectivity index (χ2v) is 2.96. The van der Waals surface area contributed by atoms with E-state index in [4.69, 9.17) is 0 Å². The Balaban J connectivity index is 2.87. The molecular formula is C10H7BrFNO. The monoisotopic (exact) mass is 255 g/mol. The standard InChI is InChI=1S/C10H7BrFNO/c1-13(10(14)6-7-11)9-4-2-8(12)3-5-9/h2-5H,1H3. The first kappa shape index (κ1) is 10.7. The summed E-state index contributed by atoms with van der Waals surface area (Å²) in [6.45, 7) is 0. The fourth-order valence-corrected chi connectivity index (χ4v) is 1.08. The van der Waals surface area contributed by atoms with Crippen molar-refractivity contribution in [2.24, 2.45) is 0 Å². The molecule has 72 valence electrons. The van der Waals surface area contributed by atoms with E-state index in [1.165, 1.54) is 29.2 Å². The normalized spacial score (nSPS) is 8.79. The van der Waals surface area contributed by atoms with Crippen LogP contribution in [0.3, 0.4) is 0 Å². The summed E-state index contributed by atoms with van der Waals surface area (Å²) in [5.41, 5.74) is 0.603. The number of anilines is 1. The zero-order chi connectivity index (χ0) is 10.6. The Morgan fingerprint density at radius 1 is 1.43 bits per heavy atom. The summed E-state index contributed by atoms with van der Waals surface area (Å²) in [4.78, 5) is 14.9. The summed E-state index contributed by atoms with van der Waals surface area (Å²) in [7, 11) is 1.58. The summed E-state index contributed by atoms with van der Waals surface area (Å²) in [5.74, 6) is 1.63. The molecule has 0 saturated carbocycles. The second kappa shape index (κ2) is 4.77. The first-order valence-electron chi connectivity index (χ1n) is 3.80. The maximum atomic E-state index is 12.6. The van der Waals surface area contributed by atoms with Crippen molar-refractivity contribution < 1.29 is 9.18 Å². The van der Waals surface area contributed by atoms with Crippen molar-refractivity contribution >= 4 is 27.5 Å². The lowest BCUT2D eigenvalue weighted by atomic mass is 10.3. The van der Waals surface area contributed by atoms with Gasteiger partial charge < -0.3 is 4.90 Å². The molecule has 0 aromatic heterocycles. The molecule has 0 saturated heterocycles. The average Bonchev–Trinajstić information content (AvgIpc) is 2.18. The van der Waals surface area contributed by atoms with E-state index in [0.29, 0.717) is 5.69 Å². The van der Waals surface area contributed by atoms with Crippen LogP contribution in [-0.2, 0) is 4.79 Å². The van der Waals surface area contributed by atoms with E-state index >= 15 is 0 Å². The molecule has 1 aromatic carbocycles. The maximum absolute atomic E-state index is 12.6. The van der Waals surface area contributed by atoms with Gasteiger partial charge in [0.2, 0.25) is 0 Å². The largest absolute Gasteiger partial charge is 0.305 e. The molecule has 0 bridgehead atoms. The quantitative estimate of drug-likeness (QED) is 0.705. The van der Waals surface area contributed by atoms with Crippen LogP contribution in [0.1, 0.15) is 0 Å². The van der Waals surface area contributed by atoms with Crippen LogP contribution >= 0.6 is 15.9 Å². The Morgan fingerprint density at radius 3 is 2.50 bits per heavy atom. The first-order chi connectivity index (χ1) is 6.65. The average molecular weight is 256 g/mol. The molecular weight excluding hydrogens is 249 g/mol. The van der Waals surface area contributed by atoms with Crippen LogP contribution in [0.2, 0.25) is 0 Å². The summed E-state index contributed by atoms with van der Waals surface area (Å²) < 4.78 is 12.6. The van der Waals surface area contributed by atoms with Gasteiger partial charge in [-0.05, 0) is 29.1 Å². The SMILES string of the molecule is CN(C(=O)C#CBr)c1ccc(F)cc1. The van der Waals surface area contributed by atoms with Gasteiger partial charge in [0.15, 0.2) is 0 Å². The Morgan fingerprint density at radius 2 is 2.00 bits per heavy atom. The number of benzene rings is 1. The van der Waals surface area contributed by atoms with Gasteiger partial charge in [0.05, 0.1) is 0 Å². The third-order valence-electron chi connectivity index (χ3n) is 1.67. The van der Waals surface area contributed by atoms with Gasteiger partial charge in [-0.25, -0.2) is 4.39 Å². The lowest BCUT2D eigenvalue weighted by molar-refractivity contribution is -0.113. The number of amides is 1. The summed E-state index contributed by atoms with van der Waals surface area (Å²) in [6, 6.07) is 5.62. The topological polar surface area (TPSA) is 20.3 Å². The van der Waals surface area contributed by atoms with E-state index in [9.17, 15) is 9.18 Å². The predicted octanol–water partition coefficient (Wildman–Crippen LogP) is 2.14. The number of carbonyl (C=O) groups is 1. The van der Waals surface area contributed by atoms with Crippen molar-refractivity contribution in [2.45, 2.75) is 0 Å². The fourth-order valence-electron chi connectivity index (χ4n) is 0.906. The van der Waals surface area contributed by atoms with E-state index < -0.39 is 0 Å². The van der Waals surface area contributed by atoms with Gasteiger partial charge in [-0.3, -0.25) is 4.79 Å². The Kier molecular flexibility index (Phi) is 3.66. The van der Waals surface area contributed by atoms with Gasteiger partial charge >= 0.3 is 5.91 Å². The van der Waals surface area contributed by atoms with Crippen molar-refractivity contribution in [3.05, 3.63) is 30.1 Å². The summed E-state index contributed by atoms with van der Waals surface area (Å²) in [5, 5.41) is 0. The number of hydrogen-bond acceptors (Lipinski definition) is 1. The molecule has 0 aliphatic carbocycles. The number of hydrogen-bond donors (Lipinski definition) is 0. The molecule has 0 spiro atoms. The highest BCUT2D eigenvalue weighted by Gasteiger charge is 2.07. The molecule has 1 aromatic rings. The maximum Gasteiger partial charge on any atom is 0.303 e. The Bertz CT molecular complexity index is 391. The van der Waals surface area contributed by atoms with E-state index in [-0.39, 0.29) is 11.7 Å². The van der Waals surface area contributed by atoms with Crippen LogP contribution in [0.5, 0.6) is 0 Å². The molecule has 1 amide bonds. The molecule has 1 rings (SSSR count). The van der Waals surface area contributed by atoms with Crippen LogP contribution in [0, 0.1) is 16.6 Å². The molecule has 0 aliphatic heterocycles. The first-order valence-corrected chi connectivity index (χ1v) is 4.59. The third-order valence-corrected chi connectivity index (χ3v) is 1.87. The van der Waals surface area contributed by atoms with Crippen LogP contribution in [0.15, 0.2) is 24.3 Å². The minimum absolute atomic E-state index is 0.332. The number of halogens is 2. The summed E-state index contributed by atoms with van der Waals surface area (Å²) >= 11 is 2.83. The minimum Gasteiger partial charge on any atom is -0.305 e. The fraction of sp³-hybridized carbons (Fsp3) is 0.100. The molecule has 0 radical (unpaired) electrons. The van der Waals surface area contributed by atoms with Gasteiger partial charge in [-0.2, -0.15) is 0 Å². The van der Waals surface area contributed by atoms with E-state index in [2.05, 4.69) is 26.7 Å². The molecule has 2 nitrogen and oxygen atoms in total. The van der Waals surface area contributed by atoms with E-state index in [1.807, 2.05) is 0 Å². The number of carbonyl (C=O) groups excluding carboxylic acids is 1. The van der Waals surface area contributed by atoms with Crippen LogP contribution in [0.25, 0.3) is 0 Å². The van der Waals surface area contributed by atoms with Crippen molar-refractivity contribution in [3.63, 3.8) is 0 Å². The van der Waals surface area contributed by atoms with E-state index in [0.717, 1.165) is 0 Å². The van der Waals surface area contributed by atoms with Gasteiger partial charge in [-0.1, -0.05) is 0 Å². The lowest BCUT2D eigenvalue weighted by Crippen LogP contribution is -2.24. The lowest BCUT2D eigenvalue weighted by Gasteiger charge is -2.13. The zero-order valence-corrected chi connectivity index (χ0v) is 9.01. The van der Waals surface area contributed by atoms with Crippen molar-refractivity contribution in [2.75, 3.05) is 11.9 Å². The highest BCUT2D eigenvalue weighted by Crippen LogP contribution is 2.12. The molecule has 0 N–H and O–H groups in total. The van der Waals surface area contributed by atoms with Crippen LogP contribution in [-0.4, -0.2) is 13.0 Å². The molecule has 0 atom stereocenters. The molecule has 0 aliphatic rings.